The van der Waals surface area contributed by atoms with E-state index < -0.39 is 40.4 Å². The normalized spacial score (nSPS) is 21.9. The number of nitrogens with one attached hydrogen (secondary N) is 1. The molecular formula is C27H46N4O6. The molecule has 1 unspecified atom stereocenters. The van der Waals surface area contributed by atoms with Crippen molar-refractivity contribution < 1.29 is 29.1 Å². The Bertz CT molecular complexity index is 885. The second-order valence-corrected chi connectivity index (χ2v) is 11.2. The van der Waals surface area contributed by atoms with Crippen LogP contribution < -0.4 is 5.73 Å². The van der Waals surface area contributed by atoms with Gasteiger partial charge < -0.3 is 20.6 Å². The number of carboxylic acid groups (broad SMARTS) is 1. The fourth-order valence-electron chi connectivity index (χ4n) is 5.32. The lowest BCUT2D eigenvalue weighted by Gasteiger charge is -2.59. The molecule has 10 nitrogen and oxygen atoms in total. The molecule has 0 amide bonds. The number of Topliss-reactive ketones (excluding diaryl/α,β-unsaturated/α-hetero) is 1. The number of aromatic amines is 1. The third-order valence-electron chi connectivity index (χ3n) is 7.41. The van der Waals surface area contributed by atoms with Crippen LogP contribution in [-0.4, -0.2) is 67.2 Å². The minimum absolute atomic E-state index is 0.200. The summed E-state index contributed by atoms with van der Waals surface area (Å²) in [5.41, 5.74) is 3.97. The molecule has 1 aromatic heterocycles. The van der Waals surface area contributed by atoms with Crippen LogP contribution in [0.15, 0.2) is 12.5 Å². The zero-order chi connectivity index (χ0) is 27.7. The van der Waals surface area contributed by atoms with Crippen molar-refractivity contribution in [1.29, 1.82) is 0 Å². The van der Waals surface area contributed by atoms with Crippen molar-refractivity contribution in [1.82, 2.24) is 15.0 Å². The number of hydrogen-bond donors (Lipinski definition) is 3. The summed E-state index contributed by atoms with van der Waals surface area (Å²) >= 11 is 0. The summed E-state index contributed by atoms with van der Waals surface area (Å²) in [4.78, 5) is 51.2. The van der Waals surface area contributed by atoms with Gasteiger partial charge in [0.05, 0.1) is 37.4 Å². The largest absolute Gasteiger partial charge is 0.481 e. The maximum Gasteiger partial charge on any atom is 0.307 e. The van der Waals surface area contributed by atoms with Gasteiger partial charge in [0, 0.05) is 23.9 Å². The third-order valence-corrected chi connectivity index (χ3v) is 7.41. The van der Waals surface area contributed by atoms with Crippen molar-refractivity contribution in [3.63, 3.8) is 0 Å². The number of ketones is 1. The van der Waals surface area contributed by atoms with Gasteiger partial charge in [0.1, 0.15) is 0 Å². The van der Waals surface area contributed by atoms with Gasteiger partial charge in [0.15, 0.2) is 11.4 Å². The summed E-state index contributed by atoms with van der Waals surface area (Å²) in [6, 6.07) is -0.964. The van der Waals surface area contributed by atoms with E-state index in [4.69, 9.17) is 20.4 Å². The van der Waals surface area contributed by atoms with Gasteiger partial charge >= 0.3 is 11.9 Å². The molecule has 1 aliphatic heterocycles. The Morgan fingerprint density at radius 3 is 2.41 bits per heavy atom. The second kappa shape index (κ2) is 13.5. The van der Waals surface area contributed by atoms with E-state index in [9.17, 15) is 14.4 Å². The molecule has 37 heavy (non-hydrogen) atoms. The van der Waals surface area contributed by atoms with Crippen molar-refractivity contribution in [2.24, 2.45) is 5.73 Å². The van der Waals surface area contributed by atoms with Gasteiger partial charge in [0.25, 0.3) is 0 Å². The van der Waals surface area contributed by atoms with Crippen LogP contribution >= 0.6 is 0 Å². The molecule has 2 heterocycles. The Morgan fingerprint density at radius 1 is 1.11 bits per heavy atom. The van der Waals surface area contributed by atoms with Gasteiger partial charge in [-0.05, 0) is 47.0 Å². The van der Waals surface area contributed by atoms with Gasteiger partial charge in [-0.2, -0.15) is 5.06 Å². The molecule has 210 valence electrons. The van der Waals surface area contributed by atoms with Crippen LogP contribution in [-0.2, 0) is 30.4 Å². The van der Waals surface area contributed by atoms with Gasteiger partial charge in [-0.1, -0.05) is 39.0 Å². The number of hydroxylamine groups is 2. The molecule has 2 rings (SSSR count). The number of nitrogens with two attached hydrogens (primary N) is 1. The first kappa shape index (κ1) is 30.9. The zero-order valence-electron chi connectivity index (χ0n) is 23.2. The van der Waals surface area contributed by atoms with Crippen LogP contribution in [0.1, 0.15) is 105 Å². The van der Waals surface area contributed by atoms with Crippen LogP contribution in [0.3, 0.4) is 0 Å². The van der Waals surface area contributed by atoms with Crippen molar-refractivity contribution in [3.8, 4) is 0 Å². The fraction of sp³-hybridized carbons (Fsp3) is 0.778. The van der Waals surface area contributed by atoms with Gasteiger partial charge in [-0.3, -0.25) is 19.2 Å². The van der Waals surface area contributed by atoms with Crippen LogP contribution in [0.4, 0.5) is 0 Å². The number of aliphatic carboxylic acids is 1. The molecule has 4 N–H and O–H groups in total. The predicted molar refractivity (Wildman–Crippen MR) is 140 cm³/mol. The molecule has 1 aliphatic rings. The molecule has 10 heteroatoms. The molecule has 1 fully saturated rings. The standard InChI is InChI=1S/C27H46N4O6/c1-6-7-8-9-10-11-16-36-31-25(2,3)14-15-27(26(31,4)5,37-23(34)13-12-22(32)33)24(35)21(28)17-20-18-29-19-30-20/h18-19,21H,6-17,28H2,1-5H3,(H,29,30)(H,32,33)/t21-,27?/m0/s1. The average Bonchev–Trinajstić information content (AvgIpc) is 3.33. The number of carboxylic acids is 1. The summed E-state index contributed by atoms with van der Waals surface area (Å²) in [6.45, 7) is 10.4. The number of imidazole rings is 1. The number of carbonyl (C=O) groups excluding carboxylic acids is 2. The van der Waals surface area contributed by atoms with E-state index in [1.165, 1.54) is 25.6 Å². The van der Waals surface area contributed by atoms with E-state index in [1.54, 1.807) is 11.3 Å². The lowest BCUT2D eigenvalue weighted by Crippen LogP contribution is -2.75. The van der Waals surface area contributed by atoms with E-state index in [1.807, 2.05) is 27.7 Å². The minimum Gasteiger partial charge on any atom is -0.481 e. The number of piperidine rings is 1. The Balaban J connectivity index is 2.30. The highest BCUT2D eigenvalue weighted by atomic mass is 16.7. The number of ether oxygens (including phenoxy) is 1. The SMILES string of the molecule is CCCCCCCCON1C(C)(C)CCC(OC(=O)CCC(=O)O)(C(=O)[C@@H](N)Cc2cnc[nH]2)C1(C)C. The first-order valence-corrected chi connectivity index (χ1v) is 13.5. The Hall–Kier alpha value is -2.30. The molecule has 1 aromatic rings. The summed E-state index contributed by atoms with van der Waals surface area (Å²) in [7, 11) is 0. The summed E-state index contributed by atoms with van der Waals surface area (Å²) in [5.74, 6) is -2.27. The van der Waals surface area contributed by atoms with E-state index in [0.29, 0.717) is 18.7 Å². The first-order valence-electron chi connectivity index (χ1n) is 13.5. The van der Waals surface area contributed by atoms with Crippen molar-refractivity contribution in [2.45, 2.75) is 128 Å². The first-order chi connectivity index (χ1) is 17.4. The summed E-state index contributed by atoms with van der Waals surface area (Å²) in [6.07, 6.45) is 10.1. The van der Waals surface area contributed by atoms with Crippen LogP contribution in [0.5, 0.6) is 0 Å². The van der Waals surface area contributed by atoms with Crippen molar-refractivity contribution in [2.75, 3.05) is 6.61 Å². The number of unbranched alkanes of at least 4 members (excludes halogenated alkanes) is 5. The molecule has 0 aliphatic carbocycles. The minimum atomic E-state index is -1.61. The Labute approximate surface area is 220 Å². The van der Waals surface area contributed by atoms with Crippen molar-refractivity contribution in [3.05, 3.63) is 18.2 Å². The molecular weight excluding hydrogens is 476 g/mol. The van der Waals surface area contributed by atoms with Gasteiger partial charge in [-0.15, -0.1) is 0 Å². The maximum atomic E-state index is 14.0. The van der Waals surface area contributed by atoms with Crippen LogP contribution in [0.25, 0.3) is 0 Å². The lowest BCUT2D eigenvalue weighted by atomic mass is 9.66. The van der Waals surface area contributed by atoms with E-state index in [0.717, 1.165) is 19.3 Å². The summed E-state index contributed by atoms with van der Waals surface area (Å²) < 4.78 is 5.96. The van der Waals surface area contributed by atoms with E-state index in [2.05, 4.69) is 16.9 Å². The second-order valence-electron chi connectivity index (χ2n) is 11.2. The van der Waals surface area contributed by atoms with Crippen molar-refractivity contribution >= 4 is 17.7 Å². The highest BCUT2D eigenvalue weighted by Crippen LogP contribution is 2.48. The molecule has 2 atom stereocenters. The number of rotatable bonds is 16. The fourth-order valence-corrected chi connectivity index (χ4v) is 5.32. The Kier molecular flexibility index (Phi) is 11.3. The lowest BCUT2D eigenvalue weighted by molar-refractivity contribution is -0.320. The zero-order valence-corrected chi connectivity index (χ0v) is 23.2. The molecule has 0 bridgehead atoms. The number of esters is 1. The smallest absolute Gasteiger partial charge is 0.307 e. The van der Waals surface area contributed by atoms with Gasteiger partial charge in [0.2, 0.25) is 0 Å². The van der Waals surface area contributed by atoms with Gasteiger partial charge in [-0.25, -0.2) is 4.98 Å². The third kappa shape index (κ3) is 7.85. The van der Waals surface area contributed by atoms with Crippen LogP contribution in [0, 0.1) is 0 Å². The molecule has 0 spiro atoms. The van der Waals surface area contributed by atoms with E-state index in [-0.39, 0.29) is 25.7 Å². The predicted octanol–water partition coefficient (Wildman–Crippen LogP) is 3.94. The maximum absolute atomic E-state index is 14.0. The Morgan fingerprint density at radius 2 is 1.78 bits per heavy atom. The molecule has 0 radical (unpaired) electrons. The number of carbonyl (C=O) groups is 3. The monoisotopic (exact) mass is 522 g/mol. The average molecular weight is 523 g/mol. The number of aromatic nitrogens is 2. The number of H-pyrrole nitrogens is 1. The number of hydrogen-bond acceptors (Lipinski definition) is 8. The van der Waals surface area contributed by atoms with E-state index >= 15 is 0 Å². The topological polar surface area (TPSA) is 148 Å². The molecule has 1 saturated heterocycles. The van der Waals surface area contributed by atoms with Crippen LogP contribution in [0.2, 0.25) is 0 Å². The molecule has 0 saturated carbocycles. The molecule has 0 aromatic carbocycles. The quantitative estimate of drug-likeness (QED) is 0.217. The highest BCUT2D eigenvalue weighted by molar-refractivity contribution is 5.95. The highest BCUT2D eigenvalue weighted by Gasteiger charge is 2.64. The summed E-state index contributed by atoms with van der Waals surface area (Å²) in [5, 5.41) is 10.8. The number of nitrogens with zero attached hydrogens (tertiary/aromatic N) is 2.